The SMILES string of the molecule is CCC(C(=O)O)N(C)CCC(N)=S. The molecule has 0 aromatic rings. The lowest BCUT2D eigenvalue weighted by molar-refractivity contribution is -0.142. The lowest BCUT2D eigenvalue weighted by Gasteiger charge is -2.22. The van der Waals surface area contributed by atoms with Crippen molar-refractivity contribution in [3.63, 3.8) is 0 Å². The number of carbonyl (C=O) groups is 1. The molecule has 13 heavy (non-hydrogen) atoms. The Balaban J connectivity index is 3.98. The molecular weight excluding hydrogens is 188 g/mol. The Hall–Kier alpha value is -0.680. The van der Waals surface area contributed by atoms with Crippen LogP contribution >= 0.6 is 12.2 Å². The van der Waals surface area contributed by atoms with Crippen LogP contribution in [0.2, 0.25) is 0 Å². The van der Waals surface area contributed by atoms with Gasteiger partial charge < -0.3 is 10.8 Å². The minimum Gasteiger partial charge on any atom is -0.480 e. The van der Waals surface area contributed by atoms with Gasteiger partial charge in [-0.2, -0.15) is 0 Å². The molecule has 76 valence electrons. The number of rotatable bonds is 6. The minimum absolute atomic E-state index is 0.423. The van der Waals surface area contributed by atoms with Crippen LogP contribution < -0.4 is 5.73 Å². The van der Waals surface area contributed by atoms with Crippen LogP contribution in [0.25, 0.3) is 0 Å². The van der Waals surface area contributed by atoms with E-state index in [-0.39, 0.29) is 0 Å². The molecule has 0 bridgehead atoms. The minimum atomic E-state index is -0.798. The van der Waals surface area contributed by atoms with Crippen LogP contribution in [0.4, 0.5) is 0 Å². The van der Waals surface area contributed by atoms with Crippen molar-refractivity contribution in [3.8, 4) is 0 Å². The van der Waals surface area contributed by atoms with Crippen LogP contribution in [0.5, 0.6) is 0 Å². The highest BCUT2D eigenvalue weighted by Gasteiger charge is 2.19. The van der Waals surface area contributed by atoms with Gasteiger partial charge in [0.05, 0.1) is 4.99 Å². The first-order chi connectivity index (χ1) is 5.99. The summed E-state index contributed by atoms with van der Waals surface area (Å²) < 4.78 is 0. The lowest BCUT2D eigenvalue weighted by Crippen LogP contribution is -2.39. The molecule has 0 aromatic carbocycles. The maximum absolute atomic E-state index is 10.7. The van der Waals surface area contributed by atoms with E-state index in [0.717, 1.165) is 0 Å². The second-order valence-corrected chi connectivity index (χ2v) is 3.48. The average Bonchev–Trinajstić information content (AvgIpc) is 2.01. The van der Waals surface area contributed by atoms with Gasteiger partial charge in [-0.15, -0.1) is 0 Å². The molecule has 5 heteroatoms. The lowest BCUT2D eigenvalue weighted by atomic mass is 10.2. The van der Waals surface area contributed by atoms with Crippen LogP contribution in [0.15, 0.2) is 0 Å². The van der Waals surface area contributed by atoms with Gasteiger partial charge in [-0.1, -0.05) is 19.1 Å². The molecule has 0 amide bonds. The number of hydrogen-bond acceptors (Lipinski definition) is 3. The zero-order valence-electron chi connectivity index (χ0n) is 7.99. The highest BCUT2D eigenvalue weighted by Crippen LogP contribution is 2.02. The first kappa shape index (κ1) is 12.3. The first-order valence-electron chi connectivity index (χ1n) is 4.20. The number of nitrogens with two attached hydrogens (primary N) is 1. The van der Waals surface area contributed by atoms with Crippen molar-refractivity contribution in [1.82, 2.24) is 4.90 Å². The van der Waals surface area contributed by atoms with E-state index < -0.39 is 12.0 Å². The molecule has 0 aliphatic carbocycles. The summed E-state index contributed by atoms with van der Waals surface area (Å²) in [5.74, 6) is -0.798. The molecule has 0 aromatic heterocycles. The Bertz CT molecular complexity index is 197. The van der Waals surface area contributed by atoms with Gasteiger partial charge >= 0.3 is 5.97 Å². The summed E-state index contributed by atoms with van der Waals surface area (Å²) >= 11 is 4.71. The molecule has 0 aliphatic rings. The third-order valence-corrected chi connectivity index (χ3v) is 2.12. The molecule has 3 N–H and O–H groups in total. The molecule has 0 fully saturated rings. The Labute approximate surface area is 83.7 Å². The van der Waals surface area contributed by atoms with Crippen molar-refractivity contribution in [2.45, 2.75) is 25.8 Å². The number of thiocarbonyl (C=S) groups is 1. The first-order valence-corrected chi connectivity index (χ1v) is 4.61. The largest absolute Gasteiger partial charge is 0.480 e. The summed E-state index contributed by atoms with van der Waals surface area (Å²) in [7, 11) is 1.76. The smallest absolute Gasteiger partial charge is 0.320 e. The van der Waals surface area contributed by atoms with E-state index in [0.29, 0.717) is 24.4 Å². The number of aliphatic carboxylic acids is 1. The second kappa shape index (κ2) is 5.88. The molecule has 0 radical (unpaired) electrons. The van der Waals surface area contributed by atoms with Gasteiger partial charge in [0.2, 0.25) is 0 Å². The van der Waals surface area contributed by atoms with Gasteiger partial charge in [0.25, 0.3) is 0 Å². The highest BCUT2D eigenvalue weighted by atomic mass is 32.1. The molecule has 0 rings (SSSR count). The Morgan fingerprint density at radius 2 is 2.23 bits per heavy atom. The normalized spacial score (nSPS) is 12.8. The van der Waals surface area contributed by atoms with Gasteiger partial charge in [-0.25, -0.2) is 0 Å². The number of carboxylic acids is 1. The summed E-state index contributed by atoms with van der Waals surface area (Å²) in [5.41, 5.74) is 5.32. The summed E-state index contributed by atoms with van der Waals surface area (Å²) in [6, 6.07) is -0.436. The van der Waals surface area contributed by atoms with Crippen LogP contribution in [0.3, 0.4) is 0 Å². The fourth-order valence-electron chi connectivity index (χ4n) is 1.12. The van der Waals surface area contributed by atoms with E-state index in [1.54, 1.807) is 11.9 Å². The van der Waals surface area contributed by atoms with Gasteiger partial charge in [0, 0.05) is 13.0 Å². The Morgan fingerprint density at radius 3 is 2.54 bits per heavy atom. The van der Waals surface area contributed by atoms with E-state index in [2.05, 4.69) is 0 Å². The maximum Gasteiger partial charge on any atom is 0.320 e. The fourth-order valence-corrected chi connectivity index (χ4v) is 1.21. The third kappa shape index (κ3) is 4.80. The van der Waals surface area contributed by atoms with Crippen LogP contribution in [0.1, 0.15) is 19.8 Å². The average molecular weight is 204 g/mol. The van der Waals surface area contributed by atoms with Crippen molar-refractivity contribution >= 4 is 23.2 Å². The monoisotopic (exact) mass is 204 g/mol. The standard InChI is InChI=1S/C8H16N2O2S/c1-3-6(8(11)12)10(2)5-4-7(9)13/h6H,3-5H2,1-2H3,(H2,9,13)(H,11,12). The van der Waals surface area contributed by atoms with Crippen molar-refractivity contribution in [1.29, 1.82) is 0 Å². The molecular formula is C8H16N2O2S. The summed E-state index contributed by atoms with van der Waals surface area (Å²) in [6.07, 6.45) is 1.15. The molecule has 0 saturated carbocycles. The molecule has 4 nitrogen and oxygen atoms in total. The summed E-state index contributed by atoms with van der Waals surface area (Å²) in [4.78, 5) is 12.9. The fraction of sp³-hybridized carbons (Fsp3) is 0.750. The van der Waals surface area contributed by atoms with Gasteiger partial charge in [-0.3, -0.25) is 9.69 Å². The molecule has 0 heterocycles. The predicted molar refractivity (Wildman–Crippen MR) is 55.7 cm³/mol. The second-order valence-electron chi connectivity index (χ2n) is 2.96. The van der Waals surface area contributed by atoms with Gasteiger partial charge in [0.15, 0.2) is 0 Å². The van der Waals surface area contributed by atoms with Gasteiger partial charge in [-0.05, 0) is 13.5 Å². The predicted octanol–water partition coefficient (Wildman–Crippen LogP) is 0.458. The van der Waals surface area contributed by atoms with Crippen LogP contribution in [-0.2, 0) is 4.79 Å². The molecule has 1 unspecified atom stereocenters. The van der Waals surface area contributed by atoms with E-state index >= 15 is 0 Å². The highest BCUT2D eigenvalue weighted by molar-refractivity contribution is 7.80. The summed E-state index contributed by atoms with van der Waals surface area (Å²) in [6.45, 7) is 2.44. The summed E-state index contributed by atoms with van der Waals surface area (Å²) in [5, 5.41) is 8.80. The van der Waals surface area contributed by atoms with Gasteiger partial charge in [0.1, 0.15) is 6.04 Å². The van der Waals surface area contributed by atoms with E-state index in [1.807, 2.05) is 6.92 Å². The van der Waals surface area contributed by atoms with E-state index in [9.17, 15) is 4.79 Å². The van der Waals surface area contributed by atoms with E-state index in [1.165, 1.54) is 0 Å². The van der Waals surface area contributed by atoms with Crippen LogP contribution in [-0.4, -0.2) is 40.6 Å². The van der Waals surface area contributed by atoms with E-state index in [4.69, 9.17) is 23.1 Å². The molecule has 1 atom stereocenters. The number of nitrogens with zero attached hydrogens (tertiary/aromatic N) is 1. The zero-order chi connectivity index (χ0) is 10.4. The van der Waals surface area contributed by atoms with Crippen molar-refractivity contribution in [3.05, 3.63) is 0 Å². The quantitative estimate of drug-likeness (QED) is 0.615. The Kier molecular flexibility index (Phi) is 5.57. The number of likely N-dealkylation sites (N-methyl/N-ethyl adjacent to an activating group) is 1. The maximum atomic E-state index is 10.7. The van der Waals surface area contributed by atoms with Crippen molar-refractivity contribution < 1.29 is 9.90 Å². The molecule has 0 aliphatic heterocycles. The number of hydrogen-bond donors (Lipinski definition) is 2. The number of carboxylic acid groups (broad SMARTS) is 1. The van der Waals surface area contributed by atoms with Crippen LogP contribution in [0, 0.1) is 0 Å². The zero-order valence-corrected chi connectivity index (χ0v) is 8.80. The Morgan fingerprint density at radius 1 is 1.69 bits per heavy atom. The molecule has 0 spiro atoms. The third-order valence-electron chi connectivity index (χ3n) is 1.91. The van der Waals surface area contributed by atoms with Crippen molar-refractivity contribution in [2.24, 2.45) is 5.73 Å². The topological polar surface area (TPSA) is 66.6 Å². The molecule has 0 saturated heterocycles. The van der Waals surface area contributed by atoms with Crippen molar-refractivity contribution in [2.75, 3.05) is 13.6 Å².